The van der Waals surface area contributed by atoms with Gasteiger partial charge in [-0.2, -0.15) is 0 Å². The summed E-state index contributed by atoms with van der Waals surface area (Å²) < 4.78 is 7.39. The lowest BCUT2D eigenvalue weighted by Gasteiger charge is -2.17. The van der Waals surface area contributed by atoms with Gasteiger partial charge in [0.1, 0.15) is 5.38 Å². The van der Waals surface area contributed by atoms with Crippen molar-refractivity contribution in [1.82, 2.24) is 14.5 Å². The summed E-state index contributed by atoms with van der Waals surface area (Å²) in [4.78, 5) is 17.6. The standard InChI is InChI=1S/C11H16ClN3O2/c1-8(12)11(16)15-5-9(10(6-15)17-2)14-4-3-13-7-14/h3-4,7-10H,5-6H2,1-2H3/t8-,9-,10-/m1/s1. The first kappa shape index (κ1) is 12.4. The SMILES string of the molecule is CO[C@@H]1CN(C(=O)[C@@H](C)Cl)C[C@H]1n1ccnc1. The van der Waals surface area contributed by atoms with Gasteiger partial charge < -0.3 is 14.2 Å². The molecule has 94 valence electrons. The van der Waals surface area contributed by atoms with Gasteiger partial charge in [0.15, 0.2) is 0 Å². The Morgan fingerprint density at radius 3 is 2.88 bits per heavy atom. The average molecular weight is 258 g/mol. The smallest absolute Gasteiger partial charge is 0.240 e. The summed E-state index contributed by atoms with van der Waals surface area (Å²) in [7, 11) is 1.66. The quantitative estimate of drug-likeness (QED) is 0.757. The van der Waals surface area contributed by atoms with Crippen LogP contribution in [0.25, 0.3) is 0 Å². The highest BCUT2D eigenvalue weighted by Gasteiger charge is 2.37. The fourth-order valence-electron chi connectivity index (χ4n) is 2.17. The third-order valence-electron chi connectivity index (χ3n) is 3.10. The van der Waals surface area contributed by atoms with Crippen LogP contribution in [0, 0.1) is 0 Å². The molecule has 1 amide bonds. The Balaban J connectivity index is 2.11. The van der Waals surface area contributed by atoms with Crippen LogP contribution < -0.4 is 0 Å². The number of ether oxygens (including phenoxy) is 1. The fraction of sp³-hybridized carbons (Fsp3) is 0.636. The Kier molecular flexibility index (Phi) is 3.69. The predicted octanol–water partition coefficient (Wildman–Crippen LogP) is 0.909. The van der Waals surface area contributed by atoms with Crippen LogP contribution in [0.1, 0.15) is 13.0 Å². The fourth-order valence-corrected chi connectivity index (χ4v) is 2.31. The molecule has 2 heterocycles. The van der Waals surface area contributed by atoms with Crippen LogP contribution in [-0.2, 0) is 9.53 Å². The van der Waals surface area contributed by atoms with E-state index in [0.717, 1.165) is 0 Å². The zero-order valence-electron chi connectivity index (χ0n) is 9.91. The highest BCUT2D eigenvalue weighted by Crippen LogP contribution is 2.25. The molecule has 1 fully saturated rings. The summed E-state index contributed by atoms with van der Waals surface area (Å²) in [6, 6.07) is 0.113. The molecule has 0 radical (unpaired) electrons. The number of aromatic nitrogens is 2. The van der Waals surface area contributed by atoms with E-state index in [1.807, 2.05) is 10.8 Å². The number of carbonyl (C=O) groups is 1. The first-order valence-corrected chi connectivity index (χ1v) is 6.00. The molecule has 0 aliphatic carbocycles. The Hall–Kier alpha value is -1.07. The van der Waals surface area contributed by atoms with Crippen molar-refractivity contribution in [2.24, 2.45) is 0 Å². The van der Waals surface area contributed by atoms with E-state index in [0.29, 0.717) is 13.1 Å². The number of nitrogens with zero attached hydrogens (tertiary/aromatic N) is 3. The van der Waals surface area contributed by atoms with E-state index in [1.54, 1.807) is 31.5 Å². The molecule has 0 bridgehead atoms. The molecule has 0 saturated carbocycles. The highest BCUT2D eigenvalue weighted by atomic mass is 35.5. The molecule has 6 heteroatoms. The lowest BCUT2D eigenvalue weighted by molar-refractivity contribution is -0.129. The van der Waals surface area contributed by atoms with Crippen molar-refractivity contribution >= 4 is 17.5 Å². The number of likely N-dealkylation sites (tertiary alicyclic amines) is 1. The molecule has 1 aliphatic heterocycles. The Labute approximate surface area is 105 Å². The third-order valence-corrected chi connectivity index (χ3v) is 3.29. The van der Waals surface area contributed by atoms with Crippen LogP contribution in [0.5, 0.6) is 0 Å². The summed E-state index contributed by atoms with van der Waals surface area (Å²) in [5.74, 6) is -0.0451. The van der Waals surface area contributed by atoms with Gasteiger partial charge in [-0.1, -0.05) is 0 Å². The number of halogens is 1. The minimum Gasteiger partial charge on any atom is -0.377 e. The molecule has 0 N–H and O–H groups in total. The van der Waals surface area contributed by atoms with Crippen molar-refractivity contribution in [1.29, 1.82) is 0 Å². The van der Waals surface area contributed by atoms with E-state index < -0.39 is 5.38 Å². The van der Waals surface area contributed by atoms with Crippen molar-refractivity contribution < 1.29 is 9.53 Å². The van der Waals surface area contributed by atoms with Crippen molar-refractivity contribution in [3.05, 3.63) is 18.7 Å². The molecule has 2 rings (SSSR count). The summed E-state index contributed by atoms with van der Waals surface area (Å²) >= 11 is 5.82. The average Bonchev–Trinajstić information content (AvgIpc) is 2.95. The molecule has 1 saturated heterocycles. The number of imidazole rings is 1. The van der Waals surface area contributed by atoms with Crippen LogP contribution in [-0.4, -0.2) is 52.0 Å². The maximum atomic E-state index is 11.8. The number of methoxy groups -OCH3 is 1. The second-order valence-electron chi connectivity index (χ2n) is 4.21. The first-order chi connectivity index (χ1) is 8.13. The van der Waals surface area contributed by atoms with Crippen LogP contribution >= 0.6 is 11.6 Å². The molecule has 0 spiro atoms. The van der Waals surface area contributed by atoms with Gasteiger partial charge in [-0.25, -0.2) is 4.98 Å². The van der Waals surface area contributed by atoms with Crippen molar-refractivity contribution in [2.45, 2.75) is 24.4 Å². The Morgan fingerprint density at radius 2 is 2.35 bits per heavy atom. The summed E-state index contributed by atoms with van der Waals surface area (Å²) in [5, 5.41) is -0.492. The molecule has 3 atom stereocenters. The van der Waals surface area contributed by atoms with E-state index in [-0.39, 0.29) is 18.1 Å². The Bertz CT molecular complexity index is 380. The number of rotatable bonds is 3. The third kappa shape index (κ3) is 2.45. The molecule has 1 aromatic heterocycles. The molecular formula is C11H16ClN3O2. The maximum Gasteiger partial charge on any atom is 0.240 e. The lowest BCUT2D eigenvalue weighted by Crippen LogP contribution is -2.34. The van der Waals surface area contributed by atoms with Crippen LogP contribution in [0.3, 0.4) is 0 Å². The van der Waals surface area contributed by atoms with Crippen LogP contribution in [0.15, 0.2) is 18.7 Å². The van der Waals surface area contributed by atoms with Crippen LogP contribution in [0.2, 0.25) is 0 Å². The first-order valence-electron chi connectivity index (χ1n) is 5.56. The molecular weight excluding hydrogens is 242 g/mol. The summed E-state index contributed by atoms with van der Waals surface area (Å²) in [5.41, 5.74) is 0. The topological polar surface area (TPSA) is 47.4 Å². The lowest BCUT2D eigenvalue weighted by atomic mass is 10.2. The largest absolute Gasteiger partial charge is 0.377 e. The molecule has 0 aromatic carbocycles. The number of alkyl halides is 1. The van der Waals surface area contributed by atoms with Gasteiger partial charge in [-0.05, 0) is 6.92 Å². The van der Waals surface area contributed by atoms with Gasteiger partial charge in [-0.15, -0.1) is 11.6 Å². The van der Waals surface area contributed by atoms with Gasteiger partial charge in [0.25, 0.3) is 0 Å². The second-order valence-corrected chi connectivity index (χ2v) is 4.87. The second kappa shape index (κ2) is 5.06. The van der Waals surface area contributed by atoms with Crippen molar-refractivity contribution in [3.63, 3.8) is 0 Å². The van der Waals surface area contributed by atoms with E-state index in [1.165, 1.54) is 0 Å². The molecule has 1 aromatic rings. The number of amides is 1. The van der Waals surface area contributed by atoms with Gasteiger partial charge in [-0.3, -0.25) is 4.79 Å². The van der Waals surface area contributed by atoms with Gasteiger partial charge in [0.05, 0.1) is 18.5 Å². The van der Waals surface area contributed by atoms with Crippen LogP contribution in [0.4, 0.5) is 0 Å². The predicted molar refractivity (Wildman–Crippen MR) is 64.0 cm³/mol. The number of carbonyl (C=O) groups excluding carboxylic acids is 1. The summed E-state index contributed by atoms with van der Waals surface area (Å²) in [6.07, 6.45) is 5.34. The zero-order chi connectivity index (χ0) is 12.4. The number of hydrogen-bond acceptors (Lipinski definition) is 3. The normalized spacial score (nSPS) is 26.2. The molecule has 17 heavy (non-hydrogen) atoms. The van der Waals surface area contributed by atoms with Crippen molar-refractivity contribution in [3.8, 4) is 0 Å². The van der Waals surface area contributed by atoms with E-state index in [9.17, 15) is 4.79 Å². The highest BCUT2D eigenvalue weighted by molar-refractivity contribution is 6.30. The molecule has 5 nitrogen and oxygen atoms in total. The number of hydrogen-bond donors (Lipinski definition) is 0. The molecule has 1 aliphatic rings. The van der Waals surface area contributed by atoms with E-state index in [4.69, 9.17) is 16.3 Å². The monoisotopic (exact) mass is 257 g/mol. The molecule has 0 unspecified atom stereocenters. The van der Waals surface area contributed by atoms with Gasteiger partial charge in [0.2, 0.25) is 5.91 Å². The minimum atomic E-state index is -0.492. The van der Waals surface area contributed by atoms with Gasteiger partial charge >= 0.3 is 0 Å². The van der Waals surface area contributed by atoms with E-state index in [2.05, 4.69) is 4.98 Å². The van der Waals surface area contributed by atoms with E-state index >= 15 is 0 Å². The maximum absolute atomic E-state index is 11.8. The van der Waals surface area contributed by atoms with Gasteiger partial charge in [0, 0.05) is 32.6 Å². The minimum absolute atomic E-state index is 0.0106. The Morgan fingerprint density at radius 1 is 1.59 bits per heavy atom. The zero-order valence-corrected chi connectivity index (χ0v) is 10.7. The summed E-state index contributed by atoms with van der Waals surface area (Å²) in [6.45, 7) is 2.89. The van der Waals surface area contributed by atoms with Crippen molar-refractivity contribution in [2.75, 3.05) is 20.2 Å².